The van der Waals surface area contributed by atoms with E-state index in [0.29, 0.717) is 13.0 Å². The highest BCUT2D eigenvalue weighted by atomic mass is 16.5. The number of benzene rings is 3. The van der Waals surface area contributed by atoms with E-state index in [2.05, 4.69) is 4.90 Å². The second kappa shape index (κ2) is 9.67. The minimum Gasteiger partial charge on any atom is -0.497 e. The van der Waals surface area contributed by atoms with Gasteiger partial charge in [-0.05, 0) is 42.2 Å². The lowest BCUT2D eigenvalue weighted by Gasteiger charge is -2.33. The molecule has 2 unspecified atom stereocenters. The van der Waals surface area contributed by atoms with Crippen LogP contribution in [0.1, 0.15) is 35.6 Å². The molecule has 0 radical (unpaired) electrons. The average molecular weight is 418 g/mol. The molecule has 1 heterocycles. The standard InChI is InChI=1S/C26H27NO4/c1-30-21-15-13-20(14-16-21)25(27-17-7-11-23(27)26(28)29)22-10-5-6-12-24(22)31-18-19-8-3-2-4-9-19/h2-6,8-10,12-16,23,25H,7,11,17-18H2,1H3,(H,28,29). The summed E-state index contributed by atoms with van der Waals surface area (Å²) in [5, 5.41) is 9.84. The van der Waals surface area contributed by atoms with Crippen LogP contribution in [0, 0.1) is 0 Å². The van der Waals surface area contributed by atoms with E-state index < -0.39 is 12.0 Å². The maximum Gasteiger partial charge on any atom is 0.320 e. The summed E-state index contributed by atoms with van der Waals surface area (Å²) in [6.07, 6.45) is 1.51. The van der Waals surface area contributed by atoms with E-state index in [1.54, 1.807) is 7.11 Å². The summed E-state index contributed by atoms with van der Waals surface area (Å²) < 4.78 is 11.5. The second-order valence-electron chi connectivity index (χ2n) is 7.72. The third-order valence-corrected chi connectivity index (χ3v) is 5.79. The molecule has 0 aliphatic carbocycles. The molecule has 0 bridgehead atoms. The number of rotatable bonds is 8. The first-order valence-corrected chi connectivity index (χ1v) is 10.6. The number of carboxylic acid groups (broad SMARTS) is 1. The van der Waals surface area contributed by atoms with Crippen molar-refractivity contribution in [2.24, 2.45) is 0 Å². The monoisotopic (exact) mass is 417 g/mol. The fourth-order valence-electron chi connectivity index (χ4n) is 4.27. The van der Waals surface area contributed by atoms with Gasteiger partial charge in [0.05, 0.1) is 13.2 Å². The zero-order valence-electron chi connectivity index (χ0n) is 17.6. The van der Waals surface area contributed by atoms with Gasteiger partial charge >= 0.3 is 5.97 Å². The first-order chi connectivity index (χ1) is 15.2. The molecule has 4 rings (SSSR count). The number of hydrogen-bond donors (Lipinski definition) is 1. The van der Waals surface area contributed by atoms with Crippen molar-refractivity contribution >= 4 is 5.97 Å². The van der Waals surface area contributed by atoms with Crippen LogP contribution in [0.25, 0.3) is 0 Å². The van der Waals surface area contributed by atoms with Gasteiger partial charge < -0.3 is 14.6 Å². The number of nitrogens with zero attached hydrogens (tertiary/aromatic N) is 1. The van der Waals surface area contributed by atoms with Gasteiger partial charge in [-0.3, -0.25) is 9.69 Å². The number of carboxylic acids is 1. The Morgan fingerprint density at radius 3 is 2.45 bits per heavy atom. The van der Waals surface area contributed by atoms with Crippen molar-refractivity contribution in [3.8, 4) is 11.5 Å². The number of methoxy groups -OCH3 is 1. The summed E-state index contributed by atoms with van der Waals surface area (Å²) in [5.74, 6) is 0.759. The van der Waals surface area contributed by atoms with E-state index in [0.717, 1.165) is 41.2 Å². The zero-order valence-corrected chi connectivity index (χ0v) is 17.6. The number of carbonyl (C=O) groups is 1. The predicted molar refractivity (Wildman–Crippen MR) is 119 cm³/mol. The summed E-state index contributed by atoms with van der Waals surface area (Å²) in [7, 11) is 1.64. The summed E-state index contributed by atoms with van der Waals surface area (Å²) in [4.78, 5) is 14.1. The lowest BCUT2D eigenvalue weighted by Crippen LogP contribution is -2.39. The van der Waals surface area contributed by atoms with Crippen LogP contribution in [-0.4, -0.2) is 35.7 Å². The van der Waals surface area contributed by atoms with Gasteiger partial charge in [-0.2, -0.15) is 0 Å². The number of aliphatic carboxylic acids is 1. The van der Waals surface area contributed by atoms with Crippen LogP contribution in [-0.2, 0) is 11.4 Å². The van der Waals surface area contributed by atoms with Gasteiger partial charge in [0.1, 0.15) is 24.1 Å². The number of likely N-dealkylation sites (tertiary alicyclic amines) is 1. The molecule has 0 saturated carbocycles. The highest BCUT2D eigenvalue weighted by molar-refractivity contribution is 5.74. The molecule has 31 heavy (non-hydrogen) atoms. The summed E-state index contributed by atoms with van der Waals surface area (Å²) in [6, 6.07) is 25.1. The predicted octanol–water partition coefficient (Wildman–Crippen LogP) is 4.91. The first kappa shape index (κ1) is 20.9. The molecule has 0 aromatic heterocycles. The maximum atomic E-state index is 12.0. The molecule has 1 fully saturated rings. The quantitative estimate of drug-likeness (QED) is 0.564. The number of hydrogen-bond acceptors (Lipinski definition) is 4. The lowest BCUT2D eigenvalue weighted by molar-refractivity contribution is -0.142. The Hall–Kier alpha value is -3.31. The van der Waals surface area contributed by atoms with Crippen LogP contribution in [0.5, 0.6) is 11.5 Å². The molecular formula is C26H27NO4. The Morgan fingerprint density at radius 1 is 1.03 bits per heavy atom. The molecule has 1 saturated heterocycles. The summed E-state index contributed by atoms with van der Waals surface area (Å²) in [5.41, 5.74) is 3.07. The minimum atomic E-state index is -0.779. The molecule has 0 amide bonds. The van der Waals surface area contributed by atoms with Crippen molar-refractivity contribution in [2.45, 2.75) is 31.5 Å². The molecule has 3 aromatic carbocycles. The van der Waals surface area contributed by atoms with Crippen molar-refractivity contribution < 1.29 is 19.4 Å². The van der Waals surface area contributed by atoms with Crippen molar-refractivity contribution in [3.05, 3.63) is 95.6 Å². The van der Waals surface area contributed by atoms with Crippen molar-refractivity contribution in [3.63, 3.8) is 0 Å². The smallest absolute Gasteiger partial charge is 0.320 e. The van der Waals surface area contributed by atoms with Gasteiger partial charge in [-0.1, -0.05) is 60.7 Å². The normalized spacial score (nSPS) is 17.3. The van der Waals surface area contributed by atoms with E-state index in [1.165, 1.54) is 0 Å². The topological polar surface area (TPSA) is 59.0 Å². The lowest BCUT2D eigenvalue weighted by atomic mass is 9.95. The third-order valence-electron chi connectivity index (χ3n) is 5.79. The molecular weight excluding hydrogens is 390 g/mol. The van der Waals surface area contributed by atoms with E-state index in [1.807, 2.05) is 78.9 Å². The molecule has 160 valence electrons. The van der Waals surface area contributed by atoms with E-state index in [4.69, 9.17) is 9.47 Å². The highest BCUT2D eigenvalue weighted by Crippen LogP contribution is 2.39. The van der Waals surface area contributed by atoms with Crippen LogP contribution >= 0.6 is 0 Å². The summed E-state index contributed by atoms with van der Waals surface area (Å²) in [6.45, 7) is 1.18. The van der Waals surface area contributed by atoms with Crippen molar-refractivity contribution in [1.29, 1.82) is 0 Å². The Labute approximate surface area is 182 Å². The van der Waals surface area contributed by atoms with Crippen LogP contribution in [0.4, 0.5) is 0 Å². The van der Waals surface area contributed by atoms with Crippen LogP contribution < -0.4 is 9.47 Å². The van der Waals surface area contributed by atoms with E-state index in [-0.39, 0.29) is 6.04 Å². The van der Waals surface area contributed by atoms with E-state index >= 15 is 0 Å². The van der Waals surface area contributed by atoms with Crippen LogP contribution in [0.15, 0.2) is 78.9 Å². The van der Waals surface area contributed by atoms with Crippen molar-refractivity contribution in [2.75, 3.05) is 13.7 Å². The SMILES string of the molecule is COc1ccc(C(c2ccccc2OCc2ccccc2)N2CCCC2C(=O)O)cc1. The van der Waals surface area contributed by atoms with Crippen molar-refractivity contribution in [1.82, 2.24) is 4.90 Å². The molecule has 1 aliphatic rings. The number of ether oxygens (including phenoxy) is 2. The van der Waals surface area contributed by atoms with Gasteiger partial charge in [0.2, 0.25) is 0 Å². The maximum absolute atomic E-state index is 12.0. The molecule has 2 atom stereocenters. The van der Waals surface area contributed by atoms with Crippen LogP contribution in [0.3, 0.4) is 0 Å². The average Bonchev–Trinajstić information content (AvgIpc) is 3.30. The largest absolute Gasteiger partial charge is 0.497 e. The van der Waals surface area contributed by atoms with Gasteiger partial charge in [-0.15, -0.1) is 0 Å². The van der Waals surface area contributed by atoms with Gasteiger partial charge in [0, 0.05) is 12.1 Å². The Bertz CT molecular complexity index is 1000. The zero-order chi connectivity index (χ0) is 21.6. The molecule has 3 aromatic rings. The molecule has 5 heteroatoms. The molecule has 5 nitrogen and oxygen atoms in total. The van der Waals surface area contributed by atoms with Gasteiger partial charge in [0.25, 0.3) is 0 Å². The first-order valence-electron chi connectivity index (χ1n) is 10.6. The summed E-state index contributed by atoms with van der Waals surface area (Å²) >= 11 is 0. The minimum absolute atomic E-state index is 0.221. The fourth-order valence-corrected chi connectivity index (χ4v) is 4.27. The third kappa shape index (κ3) is 4.72. The van der Waals surface area contributed by atoms with E-state index in [9.17, 15) is 9.90 Å². The Morgan fingerprint density at radius 2 is 1.74 bits per heavy atom. The fraction of sp³-hybridized carbons (Fsp3) is 0.269. The Balaban J connectivity index is 1.72. The second-order valence-corrected chi connectivity index (χ2v) is 7.72. The molecule has 1 aliphatic heterocycles. The van der Waals surface area contributed by atoms with Gasteiger partial charge in [-0.25, -0.2) is 0 Å². The molecule has 0 spiro atoms. The Kier molecular flexibility index (Phi) is 6.53. The van der Waals surface area contributed by atoms with Crippen LogP contribution in [0.2, 0.25) is 0 Å². The number of para-hydroxylation sites is 1. The highest BCUT2D eigenvalue weighted by Gasteiger charge is 2.37. The van der Waals surface area contributed by atoms with Gasteiger partial charge in [0.15, 0.2) is 0 Å². The molecule has 1 N–H and O–H groups in total.